The fraction of sp³-hybridized carbons (Fsp3) is 0.267. The maximum atomic E-state index is 13.6. The Balaban J connectivity index is 1.99. The highest BCUT2D eigenvalue weighted by Gasteiger charge is 2.17. The van der Waals surface area contributed by atoms with E-state index in [0.717, 1.165) is 28.5 Å². The van der Waals surface area contributed by atoms with Crippen LogP contribution >= 0.6 is 11.6 Å². The largest absolute Gasteiger partial charge is 0.361 e. The van der Waals surface area contributed by atoms with Gasteiger partial charge in [0.25, 0.3) is 0 Å². The van der Waals surface area contributed by atoms with Crippen molar-refractivity contribution in [1.82, 2.24) is 9.88 Å². The zero-order valence-corrected chi connectivity index (χ0v) is 11.8. The van der Waals surface area contributed by atoms with Gasteiger partial charge in [0.1, 0.15) is 5.82 Å². The quantitative estimate of drug-likeness (QED) is 0.856. The number of amides is 1. The van der Waals surface area contributed by atoms with Crippen LogP contribution in [-0.4, -0.2) is 28.9 Å². The molecule has 0 spiro atoms. The van der Waals surface area contributed by atoms with E-state index in [4.69, 9.17) is 11.6 Å². The van der Waals surface area contributed by atoms with Gasteiger partial charge in [-0.2, -0.15) is 0 Å². The Morgan fingerprint density at radius 1 is 1.45 bits per heavy atom. The molecule has 1 aromatic heterocycles. The molecule has 1 aliphatic heterocycles. The number of nitrogens with one attached hydrogen (secondary N) is 1. The molecule has 2 aromatic rings. The molecule has 0 aliphatic carbocycles. The summed E-state index contributed by atoms with van der Waals surface area (Å²) in [7, 11) is 0. The fourth-order valence-corrected chi connectivity index (χ4v) is 2.75. The van der Waals surface area contributed by atoms with E-state index in [1.54, 1.807) is 17.9 Å². The highest BCUT2D eigenvalue weighted by molar-refractivity contribution is 6.31. The average Bonchev–Trinajstić information content (AvgIpc) is 2.82. The summed E-state index contributed by atoms with van der Waals surface area (Å²) in [6.07, 6.45) is 4.67. The number of aromatic amines is 1. The standard InChI is InChI=1S/C15H14ClFN2O/c1-9(20)19-4-2-10(3-5-19)12-8-18-15-7-13(16)14(17)6-11(12)15/h2,6-8,18H,3-5H2,1H3. The molecule has 1 aliphatic rings. The fourth-order valence-electron chi connectivity index (χ4n) is 2.58. The van der Waals surface area contributed by atoms with E-state index in [-0.39, 0.29) is 10.9 Å². The summed E-state index contributed by atoms with van der Waals surface area (Å²) in [5, 5.41) is 0.945. The van der Waals surface area contributed by atoms with Crippen LogP contribution in [0.4, 0.5) is 4.39 Å². The third-order valence-electron chi connectivity index (χ3n) is 3.72. The molecule has 5 heteroatoms. The number of rotatable bonds is 1. The lowest BCUT2D eigenvalue weighted by Gasteiger charge is -2.25. The zero-order chi connectivity index (χ0) is 14.3. The third kappa shape index (κ3) is 2.20. The number of H-pyrrole nitrogens is 1. The normalized spacial score (nSPS) is 15.6. The minimum absolute atomic E-state index is 0.0806. The van der Waals surface area contributed by atoms with Gasteiger partial charge >= 0.3 is 0 Å². The van der Waals surface area contributed by atoms with Gasteiger partial charge in [0.05, 0.1) is 5.02 Å². The second-order valence-corrected chi connectivity index (χ2v) is 5.37. The molecule has 3 rings (SSSR count). The van der Waals surface area contributed by atoms with Crippen molar-refractivity contribution in [3.8, 4) is 0 Å². The predicted octanol–water partition coefficient (Wildman–Crippen LogP) is 3.60. The first-order chi connectivity index (χ1) is 9.56. The van der Waals surface area contributed by atoms with E-state index in [0.29, 0.717) is 13.1 Å². The Labute approximate surface area is 121 Å². The maximum Gasteiger partial charge on any atom is 0.219 e. The van der Waals surface area contributed by atoms with E-state index in [9.17, 15) is 9.18 Å². The number of fused-ring (bicyclic) bond motifs is 1. The Bertz CT molecular complexity index is 720. The van der Waals surface area contributed by atoms with Crippen molar-refractivity contribution in [2.75, 3.05) is 13.1 Å². The van der Waals surface area contributed by atoms with Crippen molar-refractivity contribution in [3.63, 3.8) is 0 Å². The second-order valence-electron chi connectivity index (χ2n) is 4.96. The van der Waals surface area contributed by atoms with Gasteiger partial charge in [0.2, 0.25) is 5.91 Å². The third-order valence-corrected chi connectivity index (χ3v) is 4.01. The van der Waals surface area contributed by atoms with E-state index in [1.807, 2.05) is 12.3 Å². The van der Waals surface area contributed by atoms with Gasteiger partial charge in [-0.1, -0.05) is 17.7 Å². The molecule has 0 saturated heterocycles. The number of benzene rings is 1. The first-order valence-corrected chi connectivity index (χ1v) is 6.85. The molecule has 20 heavy (non-hydrogen) atoms. The summed E-state index contributed by atoms with van der Waals surface area (Å²) in [6, 6.07) is 3.06. The Hall–Kier alpha value is -1.81. The number of hydrogen-bond donors (Lipinski definition) is 1. The molecule has 0 atom stereocenters. The van der Waals surface area contributed by atoms with Crippen molar-refractivity contribution in [2.45, 2.75) is 13.3 Å². The van der Waals surface area contributed by atoms with Crippen LogP contribution in [0.25, 0.3) is 16.5 Å². The zero-order valence-electron chi connectivity index (χ0n) is 11.0. The van der Waals surface area contributed by atoms with E-state index < -0.39 is 5.82 Å². The van der Waals surface area contributed by atoms with Crippen LogP contribution in [0.15, 0.2) is 24.4 Å². The molecular weight excluding hydrogens is 279 g/mol. The minimum Gasteiger partial charge on any atom is -0.361 e. The number of halogens is 2. The van der Waals surface area contributed by atoms with Crippen molar-refractivity contribution < 1.29 is 9.18 Å². The topological polar surface area (TPSA) is 36.1 Å². The first-order valence-electron chi connectivity index (χ1n) is 6.47. The van der Waals surface area contributed by atoms with Crippen LogP contribution in [0.2, 0.25) is 5.02 Å². The summed E-state index contributed by atoms with van der Waals surface area (Å²) >= 11 is 5.78. The van der Waals surface area contributed by atoms with Gasteiger partial charge in [-0.05, 0) is 24.1 Å². The Morgan fingerprint density at radius 3 is 2.90 bits per heavy atom. The molecule has 2 heterocycles. The number of carbonyl (C=O) groups is 1. The van der Waals surface area contributed by atoms with Gasteiger partial charge in [-0.15, -0.1) is 0 Å². The summed E-state index contributed by atoms with van der Waals surface area (Å²) in [6.45, 7) is 2.87. The number of nitrogens with zero attached hydrogens (tertiary/aromatic N) is 1. The number of aromatic nitrogens is 1. The first kappa shape index (κ1) is 13.2. The van der Waals surface area contributed by atoms with Gasteiger partial charge in [0, 0.05) is 42.7 Å². The molecule has 0 radical (unpaired) electrons. The number of carbonyl (C=O) groups excluding carboxylic acids is 1. The summed E-state index contributed by atoms with van der Waals surface area (Å²) in [5.74, 6) is -0.334. The molecule has 3 nitrogen and oxygen atoms in total. The molecule has 0 saturated carbocycles. The maximum absolute atomic E-state index is 13.6. The van der Waals surface area contributed by atoms with Crippen LogP contribution < -0.4 is 0 Å². The minimum atomic E-state index is -0.415. The lowest BCUT2D eigenvalue weighted by atomic mass is 9.99. The molecule has 0 fully saturated rings. The second kappa shape index (κ2) is 4.94. The Morgan fingerprint density at radius 2 is 2.25 bits per heavy atom. The monoisotopic (exact) mass is 292 g/mol. The summed E-state index contributed by atoms with van der Waals surface area (Å²) < 4.78 is 13.6. The van der Waals surface area contributed by atoms with E-state index >= 15 is 0 Å². The SMILES string of the molecule is CC(=O)N1CC=C(c2c[nH]c3cc(Cl)c(F)cc23)CC1. The molecule has 1 aromatic carbocycles. The van der Waals surface area contributed by atoms with Gasteiger partial charge in [-0.25, -0.2) is 4.39 Å². The van der Waals surface area contributed by atoms with Gasteiger partial charge in [0.15, 0.2) is 0 Å². The van der Waals surface area contributed by atoms with Crippen LogP contribution in [0, 0.1) is 5.82 Å². The van der Waals surface area contributed by atoms with E-state index in [1.165, 1.54) is 6.07 Å². The smallest absolute Gasteiger partial charge is 0.219 e. The van der Waals surface area contributed by atoms with Crippen molar-refractivity contribution in [1.29, 1.82) is 0 Å². The van der Waals surface area contributed by atoms with Crippen molar-refractivity contribution in [2.24, 2.45) is 0 Å². The molecule has 104 valence electrons. The van der Waals surface area contributed by atoms with Crippen LogP contribution in [0.1, 0.15) is 18.9 Å². The van der Waals surface area contributed by atoms with Crippen molar-refractivity contribution in [3.05, 3.63) is 40.8 Å². The molecule has 0 bridgehead atoms. The molecule has 1 amide bonds. The summed E-state index contributed by atoms with van der Waals surface area (Å²) in [4.78, 5) is 16.2. The lowest BCUT2D eigenvalue weighted by molar-refractivity contribution is -0.128. The lowest BCUT2D eigenvalue weighted by Crippen LogP contribution is -2.32. The van der Waals surface area contributed by atoms with Crippen molar-refractivity contribution >= 4 is 34.0 Å². The Kier molecular flexibility index (Phi) is 3.26. The van der Waals surface area contributed by atoms with Crippen LogP contribution in [0.3, 0.4) is 0 Å². The average molecular weight is 293 g/mol. The highest BCUT2D eigenvalue weighted by atomic mass is 35.5. The van der Waals surface area contributed by atoms with Crippen LogP contribution in [-0.2, 0) is 4.79 Å². The van der Waals surface area contributed by atoms with Crippen LogP contribution in [0.5, 0.6) is 0 Å². The molecule has 1 N–H and O–H groups in total. The summed E-state index contributed by atoms with van der Waals surface area (Å²) in [5.41, 5.74) is 2.94. The molecule has 0 unspecified atom stereocenters. The molecular formula is C15H14ClFN2O. The predicted molar refractivity (Wildman–Crippen MR) is 78.1 cm³/mol. The van der Waals surface area contributed by atoms with E-state index in [2.05, 4.69) is 4.98 Å². The van der Waals surface area contributed by atoms with Gasteiger partial charge in [-0.3, -0.25) is 4.79 Å². The van der Waals surface area contributed by atoms with Gasteiger partial charge < -0.3 is 9.88 Å². The number of hydrogen-bond acceptors (Lipinski definition) is 1. The highest BCUT2D eigenvalue weighted by Crippen LogP contribution is 2.31.